The molecule has 0 aliphatic carbocycles. The second kappa shape index (κ2) is 7.52. The highest BCUT2D eigenvalue weighted by Gasteiger charge is 2.28. The standard InChI is InChI=1S/C22H23S/c1-3-7-19-12-16-22(17-13-19)23(20-8-5-4-6-9-20)21-14-10-18(2)11-15-21/h4-6,8-17H,3,7H2,1-2H3/q+1. The molecule has 0 saturated carbocycles. The molecule has 0 aliphatic heterocycles. The first kappa shape index (κ1) is 15.9. The summed E-state index contributed by atoms with van der Waals surface area (Å²) < 4.78 is 0. The Morgan fingerprint density at radius 3 is 1.74 bits per heavy atom. The SMILES string of the molecule is CCCc1ccc([S+](c2ccccc2)c2ccc(C)cc2)cc1. The Morgan fingerprint density at radius 2 is 1.17 bits per heavy atom. The first-order valence-corrected chi connectivity index (χ1v) is 9.45. The quantitative estimate of drug-likeness (QED) is 0.503. The van der Waals surface area contributed by atoms with E-state index in [0.717, 1.165) is 6.42 Å². The molecule has 0 aromatic heterocycles. The molecule has 0 N–H and O–H groups in total. The molecule has 3 rings (SSSR count). The lowest BCUT2D eigenvalue weighted by atomic mass is 10.1. The second-order valence-corrected chi connectivity index (χ2v) is 7.85. The van der Waals surface area contributed by atoms with Gasteiger partial charge in [0.05, 0.1) is 10.9 Å². The minimum absolute atomic E-state index is 0.0351. The summed E-state index contributed by atoms with van der Waals surface area (Å²) in [6, 6.07) is 29.0. The number of aryl methyl sites for hydroxylation is 2. The fourth-order valence-corrected chi connectivity index (χ4v) is 4.78. The minimum Gasteiger partial charge on any atom is -0.0651 e. The lowest BCUT2D eigenvalue weighted by molar-refractivity contribution is 0.920. The van der Waals surface area contributed by atoms with E-state index in [-0.39, 0.29) is 10.9 Å². The van der Waals surface area contributed by atoms with Gasteiger partial charge in [-0.25, -0.2) is 0 Å². The van der Waals surface area contributed by atoms with Gasteiger partial charge < -0.3 is 0 Å². The second-order valence-electron chi connectivity index (χ2n) is 5.83. The van der Waals surface area contributed by atoms with Gasteiger partial charge in [-0.1, -0.05) is 61.4 Å². The smallest absolute Gasteiger partial charge is 0.0651 e. The number of benzene rings is 3. The van der Waals surface area contributed by atoms with Crippen molar-refractivity contribution in [1.29, 1.82) is 0 Å². The highest BCUT2D eigenvalue weighted by Crippen LogP contribution is 2.31. The van der Waals surface area contributed by atoms with Crippen LogP contribution in [0.2, 0.25) is 0 Å². The van der Waals surface area contributed by atoms with E-state index in [2.05, 4.69) is 92.7 Å². The first-order chi connectivity index (χ1) is 11.3. The molecule has 3 aromatic rings. The first-order valence-electron chi connectivity index (χ1n) is 8.23. The van der Waals surface area contributed by atoms with Gasteiger partial charge in [0, 0.05) is 0 Å². The van der Waals surface area contributed by atoms with Gasteiger partial charge in [-0.3, -0.25) is 0 Å². The predicted octanol–water partition coefficient (Wildman–Crippen LogP) is 6.04. The van der Waals surface area contributed by atoms with Crippen LogP contribution in [0.25, 0.3) is 0 Å². The van der Waals surface area contributed by atoms with Crippen LogP contribution in [0.3, 0.4) is 0 Å². The van der Waals surface area contributed by atoms with Crippen molar-refractivity contribution < 1.29 is 0 Å². The molecule has 0 aliphatic rings. The van der Waals surface area contributed by atoms with Crippen molar-refractivity contribution in [3.63, 3.8) is 0 Å². The molecule has 0 spiro atoms. The molecule has 0 saturated heterocycles. The normalized spacial score (nSPS) is 12.1. The zero-order chi connectivity index (χ0) is 16.1. The van der Waals surface area contributed by atoms with Crippen molar-refractivity contribution in [1.82, 2.24) is 0 Å². The van der Waals surface area contributed by atoms with Crippen LogP contribution in [0.4, 0.5) is 0 Å². The largest absolute Gasteiger partial charge is 0.166 e. The molecule has 0 fully saturated rings. The summed E-state index contributed by atoms with van der Waals surface area (Å²) in [5.74, 6) is 0. The van der Waals surface area contributed by atoms with Crippen molar-refractivity contribution in [2.75, 3.05) is 0 Å². The van der Waals surface area contributed by atoms with Gasteiger partial charge in [0.25, 0.3) is 0 Å². The lowest BCUT2D eigenvalue weighted by Gasteiger charge is -2.09. The van der Waals surface area contributed by atoms with Crippen LogP contribution in [0, 0.1) is 6.92 Å². The van der Waals surface area contributed by atoms with Crippen molar-refractivity contribution in [3.8, 4) is 0 Å². The topological polar surface area (TPSA) is 0 Å². The molecular weight excluding hydrogens is 296 g/mol. The summed E-state index contributed by atoms with van der Waals surface area (Å²) in [4.78, 5) is 4.14. The van der Waals surface area contributed by atoms with Crippen LogP contribution in [0.5, 0.6) is 0 Å². The van der Waals surface area contributed by atoms with Crippen LogP contribution in [-0.2, 0) is 17.3 Å². The average Bonchev–Trinajstić information content (AvgIpc) is 2.60. The maximum absolute atomic E-state index is 2.31. The summed E-state index contributed by atoms with van der Waals surface area (Å²) in [5.41, 5.74) is 2.74. The van der Waals surface area contributed by atoms with Gasteiger partial charge in [0.1, 0.15) is 0 Å². The van der Waals surface area contributed by atoms with E-state index in [9.17, 15) is 0 Å². The van der Waals surface area contributed by atoms with E-state index in [0.29, 0.717) is 0 Å². The van der Waals surface area contributed by atoms with Gasteiger partial charge in [0.15, 0.2) is 14.7 Å². The Morgan fingerprint density at radius 1 is 0.652 bits per heavy atom. The third kappa shape index (κ3) is 3.86. The van der Waals surface area contributed by atoms with Gasteiger partial charge in [-0.15, -0.1) is 0 Å². The molecular formula is C22H23S+. The monoisotopic (exact) mass is 319 g/mol. The number of hydrogen-bond acceptors (Lipinski definition) is 0. The van der Waals surface area contributed by atoms with Gasteiger partial charge in [0.2, 0.25) is 0 Å². The third-order valence-corrected chi connectivity index (χ3v) is 6.16. The molecule has 0 nitrogen and oxygen atoms in total. The zero-order valence-electron chi connectivity index (χ0n) is 13.8. The highest BCUT2D eigenvalue weighted by atomic mass is 32.2. The number of rotatable bonds is 5. The maximum Gasteiger partial charge on any atom is 0.166 e. The summed E-state index contributed by atoms with van der Waals surface area (Å²) in [7, 11) is -0.0351. The Labute approximate surface area is 142 Å². The van der Waals surface area contributed by atoms with E-state index < -0.39 is 0 Å². The zero-order valence-corrected chi connectivity index (χ0v) is 14.6. The van der Waals surface area contributed by atoms with E-state index in [1.165, 1.54) is 32.2 Å². The predicted molar refractivity (Wildman–Crippen MR) is 100 cm³/mol. The Hall–Kier alpha value is -1.99. The van der Waals surface area contributed by atoms with Crippen LogP contribution < -0.4 is 0 Å². The Balaban J connectivity index is 2.03. The molecule has 0 heterocycles. The molecule has 0 radical (unpaired) electrons. The Kier molecular flexibility index (Phi) is 5.19. The van der Waals surface area contributed by atoms with Crippen LogP contribution in [0.1, 0.15) is 24.5 Å². The number of hydrogen-bond donors (Lipinski definition) is 0. The van der Waals surface area contributed by atoms with Crippen LogP contribution >= 0.6 is 0 Å². The highest BCUT2D eigenvalue weighted by molar-refractivity contribution is 7.97. The van der Waals surface area contributed by atoms with Crippen LogP contribution in [0.15, 0.2) is 93.5 Å². The van der Waals surface area contributed by atoms with Crippen molar-refractivity contribution >= 4 is 10.9 Å². The maximum atomic E-state index is 2.31. The van der Waals surface area contributed by atoms with E-state index in [4.69, 9.17) is 0 Å². The summed E-state index contributed by atoms with van der Waals surface area (Å²) in [6.07, 6.45) is 2.35. The van der Waals surface area contributed by atoms with E-state index >= 15 is 0 Å². The molecule has 1 heteroatoms. The fourth-order valence-electron chi connectivity index (χ4n) is 2.72. The Bertz CT molecular complexity index is 727. The summed E-state index contributed by atoms with van der Waals surface area (Å²) >= 11 is 0. The fraction of sp³-hybridized carbons (Fsp3) is 0.182. The van der Waals surface area contributed by atoms with Crippen molar-refractivity contribution in [3.05, 3.63) is 90.0 Å². The molecule has 1 unspecified atom stereocenters. The van der Waals surface area contributed by atoms with E-state index in [1.54, 1.807) is 0 Å². The van der Waals surface area contributed by atoms with E-state index in [1.807, 2.05) is 0 Å². The summed E-state index contributed by atoms with van der Waals surface area (Å²) in [5, 5.41) is 0. The average molecular weight is 319 g/mol. The molecule has 116 valence electrons. The lowest BCUT2D eigenvalue weighted by Crippen LogP contribution is -2.04. The minimum atomic E-state index is -0.0351. The van der Waals surface area contributed by atoms with Crippen molar-refractivity contribution in [2.45, 2.75) is 41.4 Å². The summed E-state index contributed by atoms with van der Waals surface area (Å²) in [6.45, 7) is 4.37. The van der Waals surface area contributed by atoms with Gasteiger partial charge in [-0.05, 0) is 55.3 Å². The molecule has 0 amide bonds. The molecule has 1 atom stereocenters. The van der Waals surface area contributed by atoms with Crippen LogP contribution in [-0.4, -0.2) is 0 Å². The van der Waals surface area contributed by atoms with Crippen molar-refractivity contribution in [2.24, 2.45) is 0 Å². The molecule has 0 bridgehead atoms. The third-order valence-electron chi connectivity index (χ3n) is 3.93. The van der Waals surface area contributed by atoms with Gasteiger partial charge in [-0.2, -0.15) is 0 Å². The molecule has 3 aromatic carbocycles. The molecule has 23 heavy (non-hydrogen) atoms. The van der Waals surface area contributed by atoms with Gasteiger partial charge >= 0.3 is 0 Å².